The smallest absolute Gasteiger partial charge is 0.145 e. The van der Waals surface area contributed by atoms with Crippen molar-refractivity contribution in [3.8, 4) is 67.8 Å². The molecule has 33 rings (SSSR count). The van der Waals surface area contributed by atoms with Gasteiger partial charge in [-0.15, -0.1) is 0 Å². The Morgan fingerprint density at radius 3 is 1.03 bits per heavy atom. The molecule has 682 valence electrons. The Labute approximate surface area is 835 Å². The number of aromatic nitrogens is 7. The summed E-state index contributed by atoms with van der Waals surface area (Å²) in [5.74, 6) is 0. The van der Waals surface area contributed by atoms with Crippen LogP contribution in [0.15, 0.2) is 492 Å². The lowest BCUT2D eigenvalue weighted by atomic mass is 9.82. The van der Waals surface area contributed by atoms with Gasteiger partial charge in [-0.2, -0.15) is 0 Å². The number of furan rings is 3. The maximum Gasteiger partial charge on any atom is 0.145 e. The van der Waals surface area contributed by atoms with Crippen LogP contribution in [0.2, 0.25) is 0 Å². The van der Waals surface area contributed by atoms with Crippen LogP contribution in [0, 0.1) is 0 Å². The Bertz CT molecular complexity index is 11100. The summed E-state index contributed by atoms with van der Waals surface area (Å²) >= 11 is 0. The second kappa shape index (κ2) is 31.4. The molecule has 0 N–H and O–H groups in total. The Morgan fingerprint density at radius 1 is 0.185 bits per heavy atom. The van der Waals surface area contributed by atoms with Crippen LogP contribution in [0.25, 0.3) is 286 Å². The lowest BCUT2D eigenvalue weighted by Crippen LogP contribution is -2.15. The number of rotatable bonds is 8. The predicted octanol–water partition coefficient (Wildman–Crippen LogP) is 36.7. The van der Waals surface area contributed by atoms with E-state index < -0.39 is 0 Å². The average Bonchev–Trinajstić information content (AvgIpc) is 1.51. The first-order valence-corrected chi connectivity index (χ1v) is 50.1. The topological polar surface area (TPSA) is 81.9 Å². The van der Waals surface area contributed by atoms with E-state index in [1.807, 2.05) is 18.2 Å². The van der Waals surface area contributed by atoms with Gasteiger partial charge in [0.15, 0.2) is 0 Å². The molecule has 0 amide bonds. The van der Waals surface area contributed by atoms with Crippen LogP contribution in [0.4, 0.5) is 0 Å². The first-order valence-electron chi connectivity index (χ1n) is 50.1. The Balaban J connectivity index is 0.0000000995. The maximum atomic E-state index is 6.74. The predicted molar refractivity (Wildman–Crippen MR) is 608 cm³/mol. The van der Waals surface area contributed by atoms with Gasteiger partial charge < -0.3 is 40.7 Å². The molecule has 0 spiro atoms. The van der Waals surface area contributed by atoms with Crippen LogP contribution in [0.1, 0.15) is 25.0 Å². The standard InChI is InChI=1S/C47H29N3O.C45H30N2O.C44H26N2O/c1-4-13-30(14-5-1)39-20-12-21-40(48-39)31-23-24-34-37-28-38-44(29-43(37)50(42(34)27-31)33-17-8-3-9-18-33)49(32-15-6-2-7-16-32)41-26-25-36-35-19-10-11-22-45(35)51-47(36)46(38)41;1-45(2)36-17-9-6-14-29(36)30-21-20-28(24-37(30)45)47-39-23-22-33-32-16-8-11-19-42(32)48-44(33)43(39)35-25-34-31-15-7-10-18-38(31)46(40(34)26-41(35)47)27-12-4-3-5-13-27;1-2-13-28(14-3-1)45-37-20-10-8-18-32(37)35-25-36-41(26-40(35)45)46(38-23-22-34-33-19-9-11-21-42(33)47-44(34)43(36)38)39-24-27-12-4-5-15-29(27)30-16-6-7-17-31(30)39/h1-29H;3-26H,1-2H3;1-26H. The van der Waals surface area contributed by atoms with Gasteiger partial charge in [0.1, 0.15) is 33.5 Å². The zero-order valence-electron chi connectivity index (χ0n) is 79.5. The molecule has 1 aliphatic carbocycles. The molecule has 0 unspecified atom stereocenters. The minimum absolute atomic E-state index is 0.0975. The average molecular weight is 1870 g/mol. The van der Waals surface area contributed by atoms with Gasteiger partial charge in [-0.25, -0.2) is 4.98 Å². The van der Waals surface area contributed by atoms with Crippen molar-refractivity contribution < 1.29 is 13.3 Å². The Kier molecular flexibility index (Phi) is 17.5. The quantitative estimate of drug-likeness (QED) is 0.142. The van der Waals surface area contributed by atoms with Crippen molar-refractivity contribution in [3.05, 3.63) is 490 Å². The summed E-state index contributed by atoms with van der Waals surface area (Å²) in [5, 5.41) is 26.1. The molecule has 22 aromatic carbocycles. The van der Waals surface area contributed by atoms with Crippen LogP contribution < -0.4 is 0 Å². The van der Waals surface area contributed by atoms with Gasteiger partial charge in [0, 0.05) is 131 Å². The molecule has 0 fully saturated rings. The van der Waals surface area contributed by atoms with E-state index in [1.54, 1.807) is 0 Å². The number of fused-ring (bicyclic) bond motifs is 36. The lowest BCUT2D eigenvalue weighted by Gasteiger charge is -2.22. The van der Waals surface area contributed by atoms with Crippen molar-refractivity contribution in [3.63, 3.8) is 0 Å². The Morgan fingerprint density at radius 2 is 0.534 bits per heavy atom. The third-order valence-electron chi connectivity index (χ3n) is 31.3. The van der Waals surface area contributed by atoms with E-state index in [4.69, 9.17) is 18.2 Å². The van der Waals surface area contributed by atoms with Gasteiger partial charge in [-0.05, 0) is 226 Å². The van der Waals surface area contributed by atoms with E-state index in [0.717, 1.165) is 177 Å². The van der Waals surface area contributed by atoms with Crippen LogP contribution in [0.5, 0.6) is 0 Å². The molecule has 10 nitrogen and oxygen atoms in total. The second-order valence-electron chi connectivity index (χ2n) is 39.4. The van der Waals surface area contributed by atoms with E-state index >= 15 is 0 Å². The number of nitrogens with zero attached hydrogens (tertiary/aromatic N) is 7. The fourth-order valence-corrected chi connectivity index (χ4v) is 24.8. The fraction of sp³-hybridized carbons (Fsp3) is 0.0221. The van der Waals surface area contributed by atoms with Gasteiger partial charge in [0.25, 0.3) is 0 Å². The lowest BCUT2D eigenvalue weighted by molar-refractivity contribution is 0.660. The highest BCUT2D eigenvalue weighted by molar-refractivity contribution is 6.32. The van der Waals surface area contributed by atoms with E-state index in [0.29, 0.717) is 0 Å². The fourth-order valence-electron chi connectivity index (χ4n) is 24.8. The molecule has 0 atom stereocenters. The van der Waals surface area contributed by atoms with Gasteiger partial charge in [-0.1, -0.05) is 305 Å². The van der Waals surface area contributed by atoms with Crippen LogP contribution in [-0.2, 0) is 5.41 Å². The molecule has 0 aliphatic heterocycles. The molecule has 0 saturated carbocycles. The van der Waals surface area contributed by atoms with Crippen molar-refractivity contribution in [2.75, 3.05) is 0 Å². The van der Waals surface area contributed by atoms with Crippen molar-refractivity contribution >= 4 is 218 Å². The molecular weight excluding hydrogens is 1780 g/mol. The molecule has 0 saturated heterocycles. The minimum Gasteiger partial charge on any atom is -0.455 e. The molecule has 10 aromatic heterocycles. The molecule has 146 heavy (non-hydrogen) atoms. The highest BCUT2D eigenvalue weighted by Gasteiger charge is 2.37. The molecule has 0 radical (unpaired) electrons. The number of pyridine rings is 1. The zero-order valence-corrected chi connectivity index (χ0v) is 79.5. The second-order valence-corrected chi connectivity index (χ2v) is 39.4. The molecule has 0 bridgehead atoms. The first-order chi connectivity index (χ1) is 72.2. The summed E-state index contributed by atoms with van der Waals surface area (Å²) in [6, 6.07) is 172. The third-order valence-corrected chi connectivity index (χ3v) is 31.3. The van der Waals surface area contributed by atoms with Crippen molar-refractivity contribution in [1.82, 2.24) is 32.4 Å². The van der Waals surface area contributed by atoms with Gasteiger partial charge in [0.05, 0.1) is 99.4 Å². The van der Waals surface area contributed by atoms with Gasteiger partial charge >= 0.3 is 0 Å². The number of hydrogen-bond donors (Lipinski definition) is 0. The first kappa shape index (κ1) is 81.5. The third kappa shape index (κ3) is 11.9. The Hall–Kier alpha value is -19.3. The van der Waals surface area contributed by atoms with E-state index in [9.17, 15) is 0 Å². The summed E-state index contributed by atoms with van der Waals surface area (Å²) in [6.45, 7) is 4.71. The molecule has 10 heterocycles. The van der Waals surface area contributed by atoms with Crippen molar-refractivity contribution in [1.29, 1.82) is 0 Å². The summed E-state index contributed by atoms with van der Waals surface area (Å²) in [7, 11) is 0. The normalized spacial score (nSPS) is 12.6. The van der Waals surface area contributed by atoms with Crippen LogP contribution >= 0.6 is 0 Å². The van der Waals surface area contributed by atoms with Crippen LogP contribution in [0.3, 0.4) is 0 Å². The van der Waals surface area contributed by atoms with E-state index in [2.05, 4.69) is 502 Å². The number of hydrogen-bond acceptors (Lipinski definition) is 4. The monoisotopic (exact) mass is 1860 g/mol. The summed E-state index contributed by atoms with van der Waals surface area (Å²) < 4.78 is 34.7. The zero-order chi connectivity index (χ0) is 95.8. The molecule has 1 aliphatic rings. The number of benzene rings is 22. The van der Waals surface area contributed by atoms with E-state index in [1.165, 1.54) is 120 Å². The summed E-state index contributed by atoms with van der Waals surface area (Å²) in [6.07, 6.45) is 0. The molecular formula is C136H85N7O3. The van der Waals surface area contributed by atoms with Gasteiger partial charge in [-0.3, -0.25) is 0 Å². The highest BCUT2D eigenvalue weighted by atomic mass is 16.3. The molecule has 32 aromatic rings. The van der Waals surface area contributed by atoms with Crippen LogP contribution in [-0.4, -0.2) is 32.4 Å². The minimum atomic E-state index is -0.0975. The van der Waals surface area contributed by atoms with Crippen molar-refractivity contribution in [2.45, 2.75) is 19.3 Å². The largest absolute Gasteiger partial charge is 0.455 e. The maximum absolute atomic E-state index is 6.74. The SMILES string of the molecule is CC1(C)c2ccccc2-c2ccc(-n3c4cc5c(cc4c4c6oc7ccccc7c6ccc43)c3ccccc3n5-c3ccccc3)cc21.c1ccc(-c2cccc(-c3ccc4c5cc6c7c8oc9ccccc9c8ccc7n(-c7ccccc7)c6cc5n(-c5ccccc5)c4c3)n2)cc1.c1ccc(-n2c3ccccc3c3cc4c5c6oc7ccccc7c6ccc5n(-c5cc6ccccc6c6ccccc56)c4cc32)cc1. The highest BCUT2D eigenvalue weighted by Crippen LogP contribution is 2.54. The van der Waals surface area contributed by atoms with E-state index in [-0.39, 0.29) is 5.41 Å². The summed E-state index contributed by atoms with van der Waals surface area (Å²) in [5.41, 5.74) is 35.7. The van der Waals surface area contributed by atoms with Crippen molar-refractivity contribution in [2.24, 2.45) is 0 Å². The summed E-state index contributed by atoms with van der Waals surface area (Å²) in [4.78, 5) is 5.12. The van der Waals surface area contributed by atoms with Gasteiger partial charge in [0.2, 0.25) is 0 Å². The molecule has 10 heteroatoms. The number of para-hydroxylation sites is 9.